The summed E-state index contributed by atoms with van der Waals surface area (Å²) in [4.78, 5) is 24.6. The number of nitrogens with two attached hydrogens (primary N) is 1. The van der Waals surface area contributed by atoms with Crippen LogP contribution in [0.3, 0.4) is 0 Å². The van der Waals surface area contributed by atoms with Gasteiger partial charge in [0.1, 0.15) is 11.4 Å². The standard InChI is InChI=1S/C17H15N5O5S2/c18-29(26,27)13-8-4-2-6-11(13)19-17(28)21-20-15-10-5-1-3-7-12(10)22(16(15)25)9-14(23)24/h1-8H,9H2,(H,23,24)(H2,18,26,27)(H2,19,21,28)/b20-15-. The topological polar surface area (TPSA) is 154 Å². The number of amides is 1. The molecule has 0 spiro atoms. The smallest absolute Gasteiger partial charge is 0.323 e. The number of primary sulfonamides is 1. The van der Waals surface area contributed by atoms with Gasteiger partial charge in [-0.2, -0.15) is 5.10 Å². The van der Waals surface area contributed by atoms with E-state index in [9.17, 15) is 18.0 Å². The van der Waals surface area contributed by atoms with E-state index >= 15 is 0 Å². The number of hydrogen-bond donors (Lipinski definition) is 4. The maximum Gasteiger partial charge on any atom is 0.323 e. The summed E-state index contributed by atoms with van der Waals surface area (Å²) in [5.41, 5.74) is 3.45. The SMILES string of the molecule is NS(=O)(=O)c1ccccc1NC(=S)N/N=C1\C(=O)N(CC(=O)O)c2ccccc21. The van der Waals surface area contributed by atoms with Gasteiger partial charge in [0.15, 0.2) is 10.8 Å². The lowest BCUT2D eigenvalue weighted by Crippen LogP contribution is -2.36. The van der Waals surface area contributed by atoms with Crippen LogP contribution in [0.15, 0.2) is 58.5 Å². The molecular formula is C17H15N5O5S2. The molecule has 2 aromatic carbocycles. The molecule has 0 unspecified atom stereocenters. The summed E-state index contributed by atoms with van der Waals surface area (Å²) >= 11 is 5.11. The second kappa shape index (κ2) is 7.95. The predicted octanol–water partition coefficient (Wildman–Crippen LogP) is 0.456. The van der Waals surface area contributed by atoms with Crippen molar-refractivity contribution in [2.24, 2.45) is 10.2 Å². The number of hydrogen-bond acceptors (Lipinski definition) is 6. The number of carboxylic acids is 1. The summed E-state index contributed by atoms with van der Waals surface area (Å²) in [7, 11) is -3.98. The average molecular weight is 433 g/mol. The number of nitrogens with one attached hydrogen (secondary N) is 2. The number of carboxylic acid groups (broad SMARTS) is 1. The molecule has 29 heavy (non-hydrogen) atoms. The van der Waals surface area contributed by atoms with E-state index in [1.165, 1.54) is 18.2 Å². The van der Waals surface area contributed by atoms with Gasteiger partial charge in [0.05, 0.1) is 11.4 Å². The number of anilines is 2. The van der Waals surface area contributed by atoms with Gasteiger partial charge < -0.3 is 10.4 Å². The van der Waals surface area contributed by atoms with Crippen LogP contribution in [0, 0.1) is 0 Å². The van der Waals surface area contributed by atoms with Gasteiger partial charge in [-0.15, -0.1) is 0 Å². The number of carbonyl (C=O) groups excluding carboxylic acids is 1. The molecular weight excluding hydrogens is 418 g/mol. The predicted molar refractivity (Wildman–Crippen MR) is 110 cm³/mol. The summed E-state index contributed by atoms with van der Waals surface area (Å²) in [6, 6.07) is 12.5. The van der Waals surface area contributed by atoms with Crippen LogP contribution in [0.2, 0.25) is 0 Å². The number of aliphatic carboxylic acids is 1. The van der Waals surface area contributed by atoms with E-state index in [1.807, 2.05) is 0 Å². The number of fused-ring (bicyclic) bond motifs is 1. The molecule has 0 saturated carbocycles. The van der Waals surface area contributed by atoms with E-state index in [-0.39, 0.29) is 21.4 Å². The van der Waals surface area contributed by atoms with E-state index in [0.29, 0.717) is 11.3 Å². The molecule has 12 heteroatoms. The first-order chi connectivity index (χ1) is 13.7. The molecule has 150 valence electrons. The average Bonchev–Trinajstić information content (AvgIpc) is 2.91. The number of hydrazone groups is 1. The van der Waals surface area contributed by atoms with Crippen LogP contribution in [0.4, 0.5) is 11.4 Å². The molecule has 1 aliphatic rings. The monoisotopic (exact) mass is 433 g/mol. The molecule has 3 rings (SSSR count). The van der Waals surface area contributed by atoms with Crippen molar-refractivity contribution in [2.45, 2.75) is 4.90 Å². The summed E-state index contributed by atoms with van der Waals surface area (Å²) in [5.74, 6) is -1.77. The van der Waals surface area contributed by atoms with Crippen LogP contribution in [0.1, 0.15) is 5.56 Å². The second-order valence-corrected chi connectivity index (χ2v) is 7.81. The second-order valence-electron chi connectivity index (χ2n) is 5.87. The Bertz CT molecular complexity index is 1150. The quantitative estimate of drug-likeness (QED) is 0.392. The molecule has 10 nitrogen and oxygen atoms in total. The third-order valence-corrected chi connectivity index (χ3v) is 5.06. The highest BCUT2D eigenvalue weighted by Gasteiger charge is 2.35. The van der Waals surface area contributed by atoms with Gasteiger partial charge in [-0.25, -0.2) is 13.6 Å². The van der Waals surface area contributed by atoms with Gasteiger partial charge in [-0.3, -0.25) is 19.9 Å². The zero-order valence-corrected chi connectivity index (χ0v) is 16.3. The fourth-order valence-electron chi connectivity index (χ4n) is 2.74. The summed E-state index contributed by atoms with van der Waals surface area (Å²) < 4.78 is 23.3. The highest BCUT2D eigenvalue weighted by molar-refractivity contribution is 7.89. The molecule has 0 fully saturated rings. The third kappa shape index (κ3) is 4.39. The highest BCUT2D eigenvalue weighted by Crippen LogP contribution is 2.28. The van der Waals surface area contributed by atoms with Gasteiger partial charge in [0.2, 0.25) is 10.0 Å². The van der Waals surface area contributed by atoms with Crippen molar-refractivity contribution in [3.8, 4) is 0 Å². The first-order valence-corrected chi connectivity index (χ1v) is 10.0. The zero-order chi connectivity index (χ0) is 21.2. The number of para-hydroxylation sites is 2. The van der Waals surface area contributed by atoms with Crippen LogP contribution < -0.4 is 20.8 Å². The minimum absolute atomic E-state index is 0.0225. The number of rotatable bonds is 5. The van der Waals surface area contributed by atoms with E-state index in [2.05, 4.69) is 15.8 Å². The fourth-order valence-corrected chi connectivity index (χ4v) is 3.59. The molecule has 1 aliphatic heterocycles. The molecule has 0 bridgehead atoms. The Balaban J connectivity index is 1.83. The van der Waals surface area contributed by atoms with Gasteiger partial charge in [0, 0.05) is 5.56 Å². The summed E-state index contributed by atoms with van der Waals surface area (Å²) in [6.07, 6.45) is 0. The van der Waals surface area contributed by atoms with Crippen molar-refractivity contribution in [2.75, 3.05) is 16.8 Å². The lowest BCUT2D eigenvalue weighted by Gasteiger charge is -2.13. The van der Waals surface area contributed by atoms with Crippen LogP contribution in [-0.4, -0.2) is 42.8 Å². The van der Waals surface area contributed by atoms with Gasteiger partial charge in [0.25, 0.3) is 5.91 Å². The van der Waals surface area contributed by atoms with Crippen LogP contribution in [-0.2, 0) is 19.6 Å². The molecule has 5 N–H and O–H groups in total. The number of thiocarbonyl (C=S) groups is 1. The van der Waals surface area contributed by atoms with Crippen molar-refractivity contribution in [1.29, 1.82) is 0 Å². The number of sulfonamides is 1. The van der Waals surface area contributed by atoms with Crippen molar-refractivity contribution in [3.63, 3.8) is 0 Å². The lowest BCUT2D eigenvalue weighted by molar-refractivity contribution is -0.136. The van der Waals surface area contributed by atoms with Crippen LogP contribution in [0.5, 0.6) is 0 Å². The summed E-state index contributed by atoms with van der Waals surface area (Å²) in [6.45, 7) is -0.515. The van der Waals surface area contributed by atoms with Crippen molar-refractivity contribution in [1.82, 2.24) is 5.43 Å². The molecule has 2 aromatic rings. The Morgan fingerprint density at radius 1 is 1.17 bits per heavy atom. The van der Waals surface area contributed by atoms with Crippen molar-refractivity contribution >= 4 is 56.3 Å². The molecule has 0 aromatic heterocycles. The maximum absolute atomic E-state index is 12.6. The van der Waals surface area contributed by atoms with E-state index in [0.717, 1.165) is 4.90 Å². The van der Waals surface area contributed by atoms with E-state index in [4.69, 9.17) is 22.5 Å². The zero-order valence-electron chi connectivity index (χ0n) is 14.7. The van der Waals surface area contributed by atoms with E-state index < -0.39 is 28.4 Å². The van der Waals surface area contributed by atoms with Crippen molar-refractivity contribution < 1.29 is 23.1 Å². The Morgan fingerprint density at radius 3 is 2.52 bits per heavy atom. The van der Waals surface area contributed by atoms with E-state index in [1.54, 1.807) is 30.3 Å². The number of carbonyl (C=O) groups is 2. The van der Waals surface area contributed by atoms with Crippen LogP contribution in [0.25, 0.3) is 0 Å². The van der Waals surface area contributed by atoms with Gasteiger partial charge >= 0.3 is 5.97 Å². The molecule has 0 saturated heterocycles. The molecule has 0 aliphatic carbocycles. The lowest BCUT2D eigenvalue weighted by atomic mass is 10.1. The van der Waals surface area contributed by atoms with Crippen LogP contribution >= 0.6 is 12.2 Å². The molecule has 1 amide bonds. The van der Waals surface area contributed by atoms with Crippen molar-refractivity contribution in [3.05, 3.63) is 54.1 Å². The Morgan fingerprint density at radius 2 is 1.83 bits per heavy atom. The normalized spacial score (nSPS) is 14.6. The Kier molecular flexibility index (Phi) is 5.59. The summed E-state index contributed by atoms with van der Waals surface area (Å²) in [5, 5.41) is 20.8. The highest BCUT2D eigenvalue weighted by atomic mass is 32.2. The minimum atomic E-state index is -3.98. The molecule has 0 atom stereocenters. The largest absolute Gasteiger partial charge is 0.480 e. The number of benzene rings is 2. The Labute approximate surface area is 171 Å². The molecule has 1 heterocycles. The fraction of sp³-hybridized carbons (Fsp3) is 0.0588. The first kappa shape index (κ1) is 20.4. The Hall–Kier alpha value is -3.35. The minimum Gasteiger partial charge on any atom is -0.480 e. The van der Waals surface area contributed by atoms with Gasteiger partial charge in [-0.1, -0.05) is 30.3 Å². The first-order valence-electron chi connectivity index (χ1n) is 8.08. The number of nitrogens with zero attached hydrogens (tertiary/aromatic N) is 2. The maximum atomic E-state index is 12.6. The third-order valence-electron chi connectivity index (χ3n) is 3.90. The van der Waals surface area contributed by atoms with Gasteiger partial charge in [-0.05, 0) is 30.4 Å². The molecule has 0 radical (unpaired) electrons.